The highest BCUT2D eigenvalue weighted by molar-refractivity contribution is 5.33. The Morgan fingerprint density at radius 3 is 2.80 bits per heavy atom. The van der Waals surface area contributed by atoms with Crippen molar-refractivity contribution in [3.63, 3.8) is 0 Å². The van der Waals surface area contributed by atoms with Gasteiger partial charge in [-0.15, -0.1) is 0 Å². The summed E-state index contributed by atoms with van der Waals surface area (Å²) in [7, 11) is 1.75. The van der Waals surface area contributed by atoms with E-state index in [-0.39, 0.29) is 0 Å². The number of nitrogens with zero attached hydrogens (tertiary/aromatic N) is 4. The van der Waals surface area contributed by atoms with Crippen LogP contribution in [0.3, 0.4) is 0 Å². The normalized spacial score (nSPS) is 21.4. The van der Waals surface area contributed by atoms with E-state index >= 15 is 0 Å². The second-order valence-electron chi connectivity index (χ2n) is 7.24. The third kappa shape index (κ3) is 3.72. The van der Waals surface area contributed by atoms with Gasteiger partial charge in [-0.2, -0.15) is 5.10 Å². The van der Waals surface area contributed by atoms with Gasteiger partial charge in [-0.1, -0.05) is 18.2 Å². The topological polar surface area (TPSA) is 33.5 Å². The van der Waals surface area contributed by atoms with Gasteiger partial charge in [-0.25, -0.2) is 0 Å². The van der Waals surface area contributed by atoms with Gasteiger partial charge in [0.2, 0.25) is 0 Å². The van der Waals surface area contributed by atoms with E-state index in [0.717, 1.165) is 25.4 Å². The maximum absolute atomic E-state index is 5.53. The van der Waals surface area contributed by atoms with Crippen molar-refractivity contribution in [2.75, 3.05) is 33.3 Å². The quantitative estimate of drug-likeness (QED) is 0.810. The molecular formula is C20H28N4O. The Morgan fingerprint density at radius 1 is 1.12 bits per heavy atom. The third-order valence-corrected chi connectivity index (χ3v) is 5.52. The summed E-state index contributed by atoms with van der Waals surface area (Å²) in [5.41, 5.74) is 2.59. The molecule has 1 aromatic carbocycles. The average molecular weight is 340 g/mol. The van der Waals surface area contributed by atoms with Crippen LogP contribution in [0, 0.1) is 0 Å². The van der Waals surface area contributed by atoms with Gasteiger partial charge in [0.1, 0.15) is 5.75 Å². The Morgan fingerprint density at radius 2 is 1.96 bits per heavy atom. The number of para-hydroxylation sites is 1. The SMILES string of the molecule is COc1ccccc1CN1Cc2ccnn2[C@H](CCN2CCCC2)C1. The molecule has 5 nitrogen and oxygen atoms in total. The minimum atomic E-state index is 0.467. The molecule has 0 amide bonds. The molecule has 1 fully saturated rings. The number of hydrogen-bond donors (Lipinski definition) is 0. The zero-order valence-electron chi connectivity index (χ0n) is 15.1. The highest BCUT2D eigenvalue weighted by Gasteiger charge is 2.26. The predicted octanol–water partition coefficient (Wildman–Crippen LogP) is 2.93. The fourth-order valence-corrected chi connectivity index (χ4v) is 4.21. The molecule has 0 spiro atoms. The summed E-state index contributed by atoms with van der Waals surface area (Å²) in [6.45, 7) is 6.66. The smallest absolute Gasteiger partial charge is 0.123 e. The molecule has 5 heteroatoms. The molecule has 1 atom stereocenters. The first-order valence-electron chi connectivity index (χ1n) is 9.42. The molecule has 1 saturated heterocycles. The summed E-state index contributed by atoms with van der Waals surface area (Å²) in [6.07, 6.45) is 5.84. The van der Waals surface area contributed by atoms with Crippen molar-refractivity contribution >= 4 is 0 Å². The van der Waals surface area contributed by atoms with Crippen molar-refractivity contribution in [1.82, 2.24) is 19.6 Å². The first-order valence-corrected chi connectivity index (χ1v) is 9.42. The van der Waals surface area contributed by atoms with Crippen LogP contribution in [-0.4, -0.2) is 52.9 Å². The number of aromatic nitrogens is 2. The van der Waals surface area contributed by atoms with Crippen LogP contribution in [0.1, 0.15) is 36.6 Å². The molecule has 4 rings (SSSR count). The molecule has 3 heterocycles. The lowest BCUT2D eigenvalue weighted by atomic mass is 10.1. The average Bonchev–Trinajstić information content (AvgIpc) is 3.31. The molecule has 0 saturated carbocycles. The summed E-state index contributed by atoms with van der Waals surface area (Å²) in [5.74, 6) is 0.982. The maximum Gasteiger partial charge on any atom is 0.123 e. The van der Waals surface area contributed by atoms with E-state index in [9.17, 15) is 0 Å². The molecule has 2 aromatic rings. The number of benzene rings is 1. The molecule has 0 radical (unpaired) electrons. The molecule has 2 aliphatic rings. The van der Waals surface area contributed by atoms with Gasteiger partial charge in [0.15, 0.2) is 0 Å². The van der Waals surface area contributed by atoms with Crippen LogP contribution < -0.4 is 4.74 Å². The van der Waals surface area contributed by atoms with Crippen LogP contribution in [0.5, 0.6) is 5.75 Å². The Labute approximate surface area is 150 Å². The van der Waals surface area contributed by atoms with Crippen molar-refractivity contribution in [3.8, 4) is 5.75 Å². The zero-order chi connectivity index (χ0) is 17.1. The molecule has 134 valence electrons. The molecule has 0 aliphatic carbocycles. The Hall–Kier alpha value is -1.85. The number of hydrogen-bond acceptors (Lipinski definition) is 4. The van der Waals surface area contributed by atoms with Crippen LogP contribution in [0.25, 0.3) is 0 Å². The number of ether oxygens (including phenoxy) is 1. The molecule has 1 aromatic heterocycles. The van der Waals surface area contributed by atoms with E-state index in [4.69, 9.17) is 4.74 Å². The van der Waals surface area contributed by atoms with Crippen LogP contribution in [0.4, 0.5) is 0 Å². The Kier molecular flexibility index (Phi) is 5.04. The first kappa shape index (κ1) is 16.6. The molecule has 0 N–H and O–H groups in total. The molecular weight excluding hydrogens is 312 g/mol. The van der Waals surface area contributed by atoms with Crippen molar-refractivity contribution in [2.45, 2.75) is 38.4 Å². The van der Waals surface area contributed by atoms with Gasteiger partial charge in [0.25, 0.3) is 0 Å². The van der Waals surface area contributed by atoms with Crippen molar-refractivity contribution in [3.05, 3.63) is 47.8 Å². The molecule has 25 heavy (non-hydrogen) atoms. The summed E-state index contributed by atoms with van der Waals surface area (Å²) in [6, 6.07) is 11.0. The fraction of sp³-hybridized carbons (Fsp3) is 0.550. The van der Waals surface area contributed by atoms with E-state index < -0.39 is 0 Å². The largest absolute Gasteiger partial charge is 0.496 e. The second-order valence-corrected chi connectivity index (χ2v) is 7.24. The van der Waals surface area contributed by atoms with Crippen LogP contribution in [0.15, 0.2) is 36.5 Å². The summed E-state index contributed by atoms with van der Waals surface area (Å²) in [4.78, 5) is 5.13. The van der Waals surface area contributed by atoms with Gasteiger partial charge in [0.05, 0.1) is 18.8 Å². The monoisotopic (exact) mass is 340 g/mol. The van der Waals surface area contributed by atoms with E-state index in [1.54, 1.807) is 7.11 Å². The van der Waals surface area contributed by atoms with Crippen molar-refractivity contribution in [1.29, 1.82) is 0 Å². The predicted molar refractivity (Wildman–Crippen MR) is 98.7 cm³/mol. The van der Waals surface area contributed by atoms with Gasteiger partial charge in [-0.05, 0) is 44.5 Å². The highest BCUT2D eigenvalue weighted by Crippen LogP contribution is 2.27. The summed E-state index contributed by atoms with van der Waals surface area (Å²) >= 11 is 0. The lowest BCUT2D eigenvalue weighted by Crippen LogP contribution is -2.38. The summed E-state index contributed by atoms with van der Waals surface area (Å²) in [5, 5.41) is 4.61. The molecule has 2 aliphatic heterocycles. The van der Waals surface area contributed by atoms with Gasteiger partial charge >= 0.3 is 0 Å². The standard InChI is InChI=1S/C20H28N4O/c1-25-20-7-3-2-6-17(20)14-23-15-18-8-10-21-24(18)19(16-23)9-13-22-11-4-5-12-22/h2-3,6-8,10,19H,4-5,9,11-16H2,1H3/t19-/m1/s1. The van der Waals surface area contributed by atoms with Crippen LogP contribution >= 0.6 is 0 Å². The van der Waals surface area contributed by atoms with Crippen molar-refractivity contribution in [2.24, 2.45) is 0 Å². The van der Waals surface area contributed by atoms with Gasteiger partial charge in [-0.3, -0.25) is 9.58 Å². The minimum Gasteiger partial charge on any atom is -0.496 e. The number of fused-ring (bicyclic) bond motifs is 1. The number of rotatable bonds is 6. The first-order chi connectivity index (χ1) is 12.3. The minimum absolute atomic E-state index is 0.467. The molecule has 0 bridgehead atoms. The summed E-state index contributed by atoms with van der Waals surface area (Å²) < 4.78 is 7.79. The Balaban J connectivity index is 1.45. The van der Waals surface area contributed by atoms with E-state index in [1.165, 1.54) is 50.2 Å². The van der Waals surface area contributed by atoms with Gasteiger partial charge in [0, 0.05) is 37.9 Å². The van der Waals surface area contributed by atoms with Gasteiger partial charge < -0.3 is 9.64 Å². The van der Waals surface area contributed by atoms with E-state index in [0.29, 0.717) is 6.04 Å². The maximum atomic E-state index is 5.53. The number of likely N-dealkylation sites (tertiary alicyclic amines) is 1. The van der Waals surface area contributed by atoms with E-state index in [1.807, 2.05) is 18.3 Å². The van der Waals surface area contributed by atoms with E-state index in [2.05, 4.69) is 37.8 Å². The second kappa shape index (κ2) is 7.58. The third-order valence-electron chi connectivity index (χ3n) is 5.52. The highest BCUT2D eigenvalue weighted by atomic mass is 16.5. The lowest BCUT2D eigenvalue weighted by Gasteiger charge is -2.35. The van der Waals surface area contributed by atoms with Crippen molar-refractivity contribution < 1.29 is 4.74 Å². The lowest BCUT2D eigenvalue weighted by molar-refractivity contribution is 0.151. The van der Waals surface area contributed by atoms with Crippen LogP contribution in [-0.2, 0) is 13.1 Å². The Bertz CT molecular complexity index is 693. The molecule has 0 unspecified atom stereocenters. The fourth-order valence-electron chi connectivity index (χ4n) is 4.21. The number of methoxy groups -OCH3 is 1. The zero-order valence-corrected chi connectivity index (χ0v) is 15.1. The van der Waals surface area contributed by atoms with Crippen LogP contribution in [0.2, 0.25) is 0 Å².